The fourth-order valence-electron chi connectivity index (χ4n) is 5.41. The van der Waals surface area contributed by atoms with Gasteiger partial charge in [0.05, 0.1) is 38.3 Å². The van der Waals surface area contributed by atoms with Gasteiger partial charge in [-0.2, -0.15) is 5.10 Å². The Balaban J connectivity index is 1.07. The molecule has 41 heavy (non-hydrogen) atoms. The first-order valence-corrected chi connectivity index (χ1v) is 14.5. The Morgan fingerprint density at radius 2 is 1.27 bits per heavy atom. The largest absolute Gasteiger partial charge is 0.495 e. The van der Waals surface area contributed by atoms with Crippen molar-refractivity contribution in [3.05, 3.63) is 70.1 Å². The van der Waals surface area contributed by atoms with Crippen LogP contribution in [-0.4, -0.2) is 106 Å². The Kier molecular flexibility index (Phi) is 9.87. The summed E-state index contributed by atoms with van der Waals surface area (Å²) in [7, 11) is 3.35. The third-order valence-corrected chi connectivity index (χ3v) is 8.20. The van der Waals surface area contributed by atoms with Crippen LogP contribution >= 0.6 is 11.6 Å². The van der Waals surface area contributed by atoms with Crippen molar-refractivity contribution < 1.29 is 14.2 Å². The van der Waals surface area contributed by atoms with E-state index in [1.807, 2.05) is 42.5 Å². The maximum atomic E-state index is 13.1. The summed E-state index contributed by atoms with van der Waals surface area (Å²) in [6, 6.07) is 15.8. The van der Waals surface area contributed by atoms with Gasteiger partial charge in [0.2, 0.25) is 0 Å². The Hall–Kier alpha value is -3.47. The van der Waals surface area contributed by atoms with Gasteiger partial charge in [0.25, 0.3) is 5.56 Å². The third kappa shape index (κ3) is 7.06. The molecule has 0 aliphatic carbocycles. The van der Waals surface area contributed by atoms with Crippen LogP contribution in [0.4, 0.5) is 11.4 Å². The summed E-state index contributed by atoms with van der Waals surface area (Å²) in [5, 5.41) is 4.73. The lowest BCUT2D eigenvalue weighted by Crippen LogP contribution is -2.48. The van der Waals surface area contributed by atoms with Crippen LogP contribution in [0.2, 0.25) is 5.02 Å². The van der Waals surface area contributed by atoms with Crippen LogP contribution < -0.4 is 29.6 Å². The molecule has 1 aromatic heterocycles. The second-order valence-corrected chi connectivity index (χ2v) is 10.6. The van der Waals surface area contributed by atoms with Crippen LogP contribution in [0, 0.1) is 0 Å². The first-order valence-electron chi connectivity index (χ1n) is 14.2. The van der Waals surface area contributed by atoms with E-state index in [9.17, 15) is 4.79 Å². The van der Waals surface area contributed by atoms with Gasteiger partial charge >= 0.3 is 0 Å². The highest BCUT2D eigenvalue weighted by Gasteiger charge is 2.23. The zero-order chi connectivity index (χ0) is 28.6. The number of rotatable bonds is 11. The molecule has 0 amide bonds. The van der Waals surface area contributed by atoms with E-state index in [0.717, 1.165) is 88.4 Å². The quantitative estimate of drug-likeness (QED) is 0.339. The molecule has 2 aliphatic rings. The maximum absolute atomic E-state index is 13.1. The second-order valence-electron chi connectivity index (χ2n) is 10.2. The van der Waals surface area contributed by atoms with Crippen molar-refractivity contribution in [1.29, 1.82) is 0 Å². The number of ether oxygens (including phenoxy) is 3. The van der Waals surface area contributed by atoms with Crippen molar-refractivity contribution >= 4 is 23.0 Å². The molecule has 0 N–H and O–H groups in total. The van der Waals surface area contributed by atoms with Crippen LogP contribution in [0.3, 0.4) is 0 Å². The van der Waals surface area contributed by atoms with Gasteiger partial charge in [-0.25, -0.2) is 4.68 Å². The summed E-state index contributed by atoms with van der Waals surface area (Å²) in [5.74, 6) is 2.38. The van der Waals surface area contributed by atoms with E-state index < -0.39 is 0 Å². The Bertz CT molecular complexity index is 1340. The summed E-state index contributed by atoms with van der Waals surface area (Å²) in [6.07, 6.45) is 1.74. The molecule has 11 heteroatoms. The SMILES string of the molecule is COc1ccccc1OCCN1CCN(c2cnn(CCN3CCN(c4ccccc4OC)CC3)c(=O)c2Cl)CC1. The van der Waals surface area contributed by atoms with Crippen LogP contribution in [0.25, 0.3) is 0 Å². The Morgan fingerprint density at radius 3 is 1.93 bits per heavy atom. The summed E-state index contributed by atoms with van der Waals surface area (Å²) >= 11 is 6.59. The lowest BCUT2D eigenvalue weighted by molar-refractivity contribution is 0.197. The number of piperazine rings is 2. The van der Waals surface area contributed by atoms with Gasteiger partial charge in [-0.3, -0.25) is 14.6 Å². The van der Waals surface area contributed by atoms with Crippen molar-refractivity contribution in [1.82, 2.24) is 19.6 Å². The van der Waals surface area contributed by atoms with E-state index >= 15 is 0 Å². The van der Waals surface area contributed by atoms with Gasteiger partial charge in [0.1, 0.15) is 17.4 Å². The minimum absolute atomic E-state index is 0.232. The van der Waals surface area contributed by atoms with Crippen molar-refractivity contribution in [2.24, 2.45) is 0 Å². The Labute approximate surface area is 246 Å². The smallest absolute Gasteiger partial charge is 0.287 e. The monoisotopic (exact) mass is 582 g/mol. The molecule has 0 bridgehead atoms. The Morgan fingerprint density at radius 1 is 0.707 bits per heavy atom. The van der Waals surface area contributed by atoms with E-state index in [-0.39, 0.29) is 10.6 Å². The highest BCUT2D eigenvalue weighted by Crippen LogP contribution is 2.29. The molecule has 0 atom stereocenters. The maximum Gasteiger partial charge on any atom is 0.287 e. The number of benzene rings is 2. The first kappa shape index (κ1) is 29.0. The number of halogens is 1. The molecule has 2 fully saturated rings. The van der Waals surface area contributed by atoms with Crippen molar-refractivity contribution in [2.75, 3.05) is 96.1 Å². The minimum Gasteiger partial charge on any atom is -0.495 e. The molecule has 2 aliphatic heterocycles. The molecule has 3 heterocycles. The molecule has 2 saturated heterocycles. The molecule has 3 aromatic rings. The molecular formula is C30H39ClN6O4. The lowest BCUT2D eigenvalue weighted by atomic mass is 10.2. The van der Waals surface area contributed by atoms with E-state index in [1.165, 1.54) is 4.68 Å². The number of anilines is 2. The molecule has 10 nitrogen and oxygen atoms in total. The zero-order valence-corrected chi connectivity index (χ0v) is 24.6. The molecule has 0 spiro atoms. The van der Waals surface area contributed by atoms with E-state index in [1.54, 1.807) is 20.4 Å². The number of hydrogen-bond donors (Lipinski definition) is 0. The number of nitrogens with zero attached hydrogens (tertiary/aromatic N) is 6. The molecule has 220 valence electrons. The lowest BCUT2D eigenvalue weighted by Gasteiger charge is -2.37. The normalized spacial score (nSPS) is 16.6. The van der Waals surface area contributed by atoms with Gasteiger partial charge in [0.15, 0.2) is 11.5 Å². The highest BCUT2D eigenvalue weighted by atomic mass is 35.5. The highest BCUT2D eigenvalue weighted by molar-refractivity contribution is 6.33. The molecule has 5 rings (SSSR count). The molecular weight excluding hydrogens is 544 g/mol. The zero-order valence-electron chi connectivity index (χ0n) is 23.9. The summed E-state index contributed by atoms with van der Waals surface area (Å²) < 4.78 is 18.3. The van der Waals surface area contributed by atoms with Crippen molar-refractivity contribution in [3.63, 3.8) is 0 Å². The number of hydrogen-bond acceptors (Lipinski definition) is 9. The van der Waals surface area contributed by atoms with Gasteiger partial charge < -0.3 is 24.0 Å². The predicted octanol–water partition coefficient (Wildman–Crippen LogP) is 2.94. The average molecular weight is 583 g/mol. The molecule has 0 radical (unpaired) electrons. The number of aromatic nitrogens is 2. The summed E-state index contributed by atoms with van der Waals surface area (Å²) in [4.78, 5) is 22.3. The standard InChI is InChI=1S/C30H39ClN6O4/c1-39-26-8-4-3-7-24(26)35-16-11-33(12-17-35)15-20-37-30(38)29(31)25(23-32-37)36-18-13-34(14-19-36)21-22-41-28-10-6-5-9-27(28)40-2/h3-10,23H,11-22H2,1-2H3. The number of para-hydroxylation sites is 4. The van der Waals surface area contributed by atoms with Crippen molar-refractivity contribution in [3.8, 4) is 17.2 Å². The average Bonchev–Trinajstić information content (AvgIpc) is 3.02. The van der Waals surface area contributed by atoms with Crippen LogP contribution in [0.1, 0.15) is 0 Å². The molecule has 0 saturated carbocycles. The van der Waals surface area contributed by atoms with E-state index in [0.29, 0.717) is 18.8 Å². The topological polar surface area (TPSA) is 75.5 Å². The van der Waals surface area contributed by atoms with Gasteiger partial charge in [-0.15, -0.1) is 0 Å². The van der Waals surface area contributed by atoms with Gasteiger partial charge in [0, 0.05) is 65.4 Å². The van der Waals surface area contributed by atoms with Gasteiger partial charge in [-0.1, -0.05) is 35.9 Å². The molecule has 2 aromatic carbocycles. The summed E-state index contributed by atoms with van der Waals surface area (Å²) in [6.45, 7) is 9.53. The van der Waals surface area contributed by atoms with Crippen molar-refractivity contribution in [2.45, 2.75) is 6.54 Å². The minimum atomic E-state index is -0.232. The van der Waals surface area contributed by atoms with Crippen LogP contribution in [0.15, 0.2) is 59.5 Å². The van der Waals surface area contributed by atoms with Crippen LogP contribution in [-0.2, 0) is 6.54 Å². The predicted molar refractivity (Wildman–Crippen MR) is 162 cm³/mol. The fraction of sp³-hybridized carbons (Fsp3) is 0.467. The number of methoxy groups -OCH3 is 2. The molecule has 0 unspecified atom stereocenters. The third-order valence-electron chi connectivity index (χ3n) is 7.84. The van der Waals surface area contributed by atoms with Crippen LogP contribution in [0.5, 0.6) is 17.2 Å². The van der Waals surface area contributed by atoms with E-state index in [4.69, 9.17) is 25.8 Å². The second kappa shape index (κ2) is 13.9. The summed E-state index contributed by atoms with van der Waals surface area (Å²) in [5.41, 5.74) is 1.60. The van der Waals surface area contributed by atoms with E-state index in [2.05, 4.69) is 30.8 Å². The van der Waals surface area contributed by atoms with Gasteiger partial charge in [-0.05, 0) is 24.3 Å². The first-order chi connectivity index (χ1) is 20.1. The fourth-order valence-corrected chi connectivity index (χ4v) is 5.68.